The maximum atomic E-state index is 14.4. The van der Waals surface area contributed by atoms with Gasteiger partial charge >= 0.3 is 0 Å². The molecular weight excluding hydrogens is 608 g/mol. The number of anilines is 2. The smallest absolute Gasteiger partial charge is 0.282 e. The number of nitrogens with zero attached hydrogens (tertiary/aromatic N) is 6. The van der Waals surface area contributed by atoms with E-state index in [9.17, 15) is 12.8 Å². The molecular formula is C34H53FN6O2S2. The molecule has 1 saturated carbocycles. The fraction of sp³-hybridized carbons (Fsp3) is 0.647. The van der Waals surface area contributed by atoms with Crippen LogP contribution in [-0.2, 0) is 10.2 Å². The predicted molar refractivity (Wildman–Crippen MR) is 186 cm³/mol. The van der Waals surface area contributed by atoms with Gasteiger partial charge < -0.3 is 14.7 Å². The Labute approximate surface area is 275 Å². The van der Waals surface area contributed by atoms with Crippen molar-refractivity contribution in [2.75, 3.05) is 95.9 Å². The Morgan fingerprint density at radius 2 is 1.33 bits per heavy atom. The van der Waals surface area contributed by atoms with Crippen molar-refractivity contribution in [1.29, 1.82) is 0 Å². The van der Waals surface area contributed by atoms with Crippen LogP contribution >= 0.6 is 11.9 Å². The molecule has 0 bridgehead atoms. The fourth-order valence-corrected chi connectivity index (χ4v) is 9.59. The summed E-state index contributed by atoms with van der Waals surface area (Å²) in [5.74, 6) is 0.503. The largest absolute Gasteiger partial charge is 0.378 e. The zero-order valence-electron chi connectivity index (χ0n) is 27.3. The van der Waals surface area contributed by atoms with Crippen molar-refractivity contribution in [3.8, 4) is 0 Å². The van der Waals surface area contributed by atoms with Gasteiger partial charge in [0.25, 0.3) is 10.2 Å². The number of benzene rings is 2. The molecule has 2 aliphatic heterocycles. The zero-order chi connectivity index (χ0) is 31.6. The summed E-state index contributed by atoms with van der Waals surface area (Å²) in [6.45, 7) is 7.68. The van der Waals surface area contributed by atoms with E-state index in [4.69, 9.17) is 0 Å². The Morgan fingerprint density at radius 1 is 0.733 bits per heavy atom. The van der Waals surface area contributed by atoms with Crippen LogP contribution in [0.25, 0.3) is 0 Å². The molecule has 250 valence electrons. The molecule has 0 radical (unpaired) electrons. The normalized spacial score (nSPS) is 21.7. The van der Waals surface area contributed by atoms with E-state index in [0.717, 1.165) is 57.9 Å². The van der Waals surface area contributed by atoms with Gasteiger partial charge in [-0.15, -0.1) is 0 Å². The van der Waals surface area contributed by atoms with Crippen molar-refractivity contribution in [3.63, 3.8) is 0 Å². The summed E-state index contributed by atoms with van der Waals surface area (Å²) in [6, 6.07) is 15.4. The second kappa shape index (κ2) is 16.8. The van der Waals surface area contributed by atoms with Crippen molar-refractivity contribution < 1.29 is 12.8 Å². The first-order valence-electron chi connectivity index (χ1n) is 17.0. The van der Waals surface area contributed by atoms with Crippen LogP contribution < -0.4 is 9.80 Å². The third kappa shape index (κ3) is 9.81. The van der Waals surface area contributed by atoms with Crippen molar-refractivity contribution in [3.05, 3.63) is 54.3 Å². The highest BCUT2D eigenvalue weighted by atomic mass is 32.2. The Balaban J connectivity index is 1.25. The van der Waals surface area contributed by atoms with Crippen LogP contribution in [0.15, 0.2) is 53.4 Å². The maximum Gasteiger partial charge on any atom is 0.282 e. The van der Waals surface area contributed by atoms with Gasteiger partial charge in [-0.3, -0.25) is 0 Å². The van der Waals surface area contributed by atoms with E-state index in [1.807, 2.05) is 11.0 Å². The number of rotatable bonds is 8. The topological polar surface area (TPSA) is 53.6 Å². The van der Waals surface area contributed by atoms with Crippen LogP contribution in [0.5, 0.6) is 0 Å². The molecule has 0 aromatic heterocycles. The van der Waals surface area contributed by atoms with E-state index < -0.39 is 10.2 Å². The Hall–Kier alpha value is -1.89. The van der Waals surface area contributed by atoms with Crippen molar-refractivity contribution >= 4 is 33.5 Å². The lowest BCUT2D eigenvalue weighted by Crippen LogP contribution is -2.54. The van der Waals surface area contributed by atoms with Gasteiger partial charge in [0, 0.05) is 83.6 Å². The minimum atomic E-state index is -3.63. The molecule has 11 heteroatoms. The van der Waals surface area contributed by atoms with Gasteiger partial charge in [-0.05, 0) is 99.5 Å². The van der Waals surface area contributed by atoms with Gasteiger partial charge in [-0.1, -0.05) is 31.4 Å². The SMILES string of the molecule is CN(C)c1ccc(SN2CCCN(CC3CCCCC3)CCCN(S(=O)(=O)N3CCN(c4ccccc4F)CC3)CCC2)cc1. The molecule has 0 spiro atoms. The van der Waals surface area contributed by atoms with E-state index >= 15 is 0 Å². The Morgan fingerprint density at radius 3 is 1.98 bits per heavy atom. The van der Waals surface area contributed by atoms with Gasteiger partial charge in [0.05, 0.1) is 5.69 Å². The van der Waals surface area contributed by atoms with Crippen molar-refractivity contribution in [2.24, 2.45) is 5.92 Å². The molecule has 45 heavy (non-hydrogen) atoms. The Bertz CT molecular complexity index is 1280. The second-order valence-corrected chi connectivity index (χ2v) is 16.1. The molecule has 3 fully saturated rings. The standard InChI is InChI=1S/C34H53FN6O2S2/c1-36(2)31-15-17-32(18-16-31)44-39-21-8-19-37(29-30-11-4-3-5-12-30)20-9-23-40(24-10-22-39)45(42,43)41-27-25-38(26-28-41)34-14-7-6-13-33(34)35/h6-7,13-18,30H,3-5,8-12,19-29H2,1-2H3. The minimum Gasteiger partial charge on any atom is -0.378 e. The summed E-state index contributed by atoms with van der Waals surface area (Å²) in [6.07, 6.45) is 9.42. The quantitative estimate of drug-likeness (QED) is 0.340. The van der Waals surface area contributed by atoms with E-state index in [2.05, 4.69) is 52.5 Å². The molecule has 5 rings (SSSR count). The summed E-state index contributed by atoms with van der Waals surface area (Å²) in [5.41, 5.74) is 1.73. The Kier molecular flexibility index (Phi) is 12.8. The van der Waals surface area contributed by atoms with E-state index in [0.29, 0.717) is 45.0 Å². The van der Waals surface area contributed by atoms with E-state index in [1.54, 1.807) is 32.7 Å². The molecule has 0 unspecified atom stereocenters. The molecule has 3 aliphatic rings. The van der Waals surface area contributed by atoms with Crippen LogP contribution in [0.1, 0.15) is 51.4 Å². The number of hydrogen-bond acceptors (Lipinski definition) is 7. The summed E-state index contributed by atoms with van der Waals surface area (Å²) in [4.78, 5) is 7.90. The number of piperazine rings is 1. The summed E-state index contributed by atoms with van der Waals surface area (Å²) < 4.78 is 48.3. The zero-order valence-corrected chi connectivity index (χ0v) is 29.0. The lowest BCUT2D eigenvalue weighted by molar-refractivity contribution is 0.185. The lowest BCUT2D eigenvalue weighted by Gasteiger charge is -2.38. The third-order valence-corrected chi connectivity index (χ3v) is 12.6. The van der Waals surface area contributed by atoms with Crippen LogP contribution in [0.3, 0.4) is 0 Å². The minimum absolute atomic E-state index is 0.259. The molecule has 2 aromatic carbocycles. The first kappa shape index (κ1) is 34.4. The highest BCUT2D eigenvalue weighted by molar-refractivity contribution is 7.97. The van der Waals surface area contributed by atoms with Gasteiger partial charge in [0.15, 0.2) is 0 Å². The van der Waals surface area contributed by atoms with E-state index in [1.165, 1.54) is 48.8 Å². The van der Waals surface area contributed by atoms with E-state index in [-0.39, 0.29) is 5.82 Å². The summed E-state index contributed by atoms with van der Waals surface area (Å²) >= 11 is 1.79. The number of hydrogen-bond donors (Lipinski definition) is 0. The molecule has 2 saturated heterocycles. The molecule has 2 heterocycles. The monoisotopic (exact) mass is 660 g/mol. The van der Waals surface area contributed by atoms with Crippen LogP contribution in [0.2, 0.25) is 0 Å². The van der Waals surface area contributed by atoms with Crippen molar-refractivity contribution in [2.45, 2.75) is 56.3 Å². The van der Waals surface area contributed by atoms with Crippen LogP contribution in [0, 0.1) is 11.7 Å². The summed E-state index contributed by atoms with van der Waals surface area (Å²) in [5, 5.41) is 0. The van der Waals surface area contributed by atoms with Crippen LogP contribution in [-0.4, -0.2) is 112 Å². The average Bonchev–Trinajstić information content (AvgIpc) is 3.04. The molecule has 0 amide bonds. The van der Waals surface area contributed by atoms with Gasteiger partial charge in [-0.25, -0.2) is 8.70 Å². The number of halogens is 1. The highest BCUT2D eigenvalue weighted by Crippen LogP contribution is 2.28. The molecule has 0 atom stereocenters. The molecule has 1 aliphatic carbocycles. The number of para-hydroxylation sites is 1. The third-order valence-electron chi connectivity index (χ3n) is 9.49. The fourth-order valence-electron chi connectivity index (χ4n) is 6.93. The second-order valence-electron chi connectivity index (χ2n) is 13.0. The van der Waals surface area contributed by atoms with Crippen molar-refractivity contribution in [1.82, 2.24) is 17.8 Å². The van der Waals surface area contributed by atoms with Gasteiger partial charge in [0.1, 0.15) is 5.82 Å². The first-order valence-corrected chi connectivity index (χ1v) is 19.1. The van der Waals surface area contributed by atoms with Crippen LogP contribution in [0.4, 0.5) is 15.8 Å². The molecule has 8 nitrogen and oxygen atoms in total. The highest BCUT2D eigenvalue weighted by Gasteiger charge is 2.33. The average molecular weight is 661 g/mol. The van der Waals surface area contributed by atoms with Gasteiger partial charge in [-0.2, -0.15) is 17.0 Å². The molecule has 0 N–H and O–H groups in total. The van der Waals surface area contributed by atoms with Gasteiger partial charge in [0.2, 0.25) is 0 Å². The molecule has 2 aromatic rings. The predicted octanol–water partition coefficient (Wildman–Crippen LogP) is 5.64. The lowest BCUT2D eigenvalue weighted by atomic mass is 9.89. The summed E-state index contributed by atoms with van der Waals surface area (Å²) in [7, 11) is 0.486. The first-order chi connectivity index (χ1) is 21.8. The maximum absolute atomic E-state index is 14.4.